The number of aromatic nitrogens is 1. The van der Waals surface area contributed by atoms with Crippen molar-refractivity contribution < 1.29 is 13.2 Å². The van der Waals surface area contributed by atoms with Gasteiger partial charge < -0.3 is 0 Å². The van der Waals surface area contributed by atoms with Gasteiger partial charge in [-0.3, -0.25) is 0 Å². The van der Waals surface area contributed by atoms with Crippen LogP contribution in [-0.2, 0) is 6.18 Å². The Balaban J connectivity index is 3.14. The molecule has 12 heavy (non-hydrogen) atoms. The van der Waals surface area contributed by atoms with Crippen molar-refractivity contribution in [2.24, 2.45) is 0 Å². The molecule has 0 bridgehead atoms. The molecular formula is C8H8F3N. The van der Waals surface area contributed by atoms with Gasteiger partial charge in [0.05, 0.1) is 0 Å². The van der Waals surface area contributed by atoms with Crippen molar-refractivity contribution in [3.8, 4) is 0 Å². The van der Waals surface area contributed by atoms with Gasteiger partial charge in [-0.15, -0.1) is 0 Å². The van der Waals surface area contributed by atoms with Crippen LogP contribution in [0.5, 0.6) is 0 Å². The van der Waals surface area contributed by atoms with Gasteiger partial charge in [-0.25, -0.2) is 4.98 Å². The average molecular weight is 175 g/mol. The number of rotatable bonds is 0. The standard InChI is InChI=1S/C8H8F3N/c1-5-3-4-7(8(9,10)11)12-6(5)2/h3-4H,1-2H3. The van der Waals surface area contributed by atoms with Crippen LogP contribution in [0.1, 0.15) is 17.0 Å². The zero-order chi connectivity index (χ0) is 9.35. The monoisotopic (exact) mass is 175 g/mol. The minimum Gasteiger partial charge on any atom is -0.248 e. The summed E-state index contributed by atoms with van der Waals surface area (Å²) in [6, 6.07) is 2.41. The first-order valence-corrected chi connectivity index (χ1v) is 3.42. The fourth-order valence-electron chi connectivity index (χ4n) is 0.789. The third-order valence-electron chi connectivity index (χ3n) is 1.64. The van der Waals surface area contributed by atoms with E-state index in [0.717, 1.165) is 11.6 Å². The topological polar surface area (TPSA) is 12.9 Å². The third kappa shape index (κ3) is 1.75. The highest BCUT2D eigenvalue weighted by Crippen LogP contribution is 2.27. The molecule has 0 N–H and O–H groups in total. The number of halogens is 3. The smallest absolute Gasteiger partial charge is 0.248 e. The van der Waals surface area contributed by atoms with E-state index in [9.17, 15) is 13.2 Å². The molecule has 1 aromatic heterocycles. The molecule has 4 heteroatoms. The Labute approximate surface area is 68.2 Å². The minimum atomic E-state index is -4.33. The Morgan fingerprint density at radius 3 is 2.17 bits per heavy atom. The summed E-state index contributed by atoms with van der Waals surface area (Å²) in [6.45, 7) is 3.28. The van der Waals surface area contributed by atoms with Gasteiger partial charge in [0.2, 0.25) is 0 Å². The molecule has 0 amide bonds. The van der Waals surface area contributed by atoms with Gasteiger partial charge in [0, 0.05) is 5.69 Å². The molecule has 0 aliphatic carbocycles. The maximum absolute atomic E-state index is 12.0. The second-order valence-electron chi connectivity index (χ2n) is 2.60. The van der Waals surface area contributed by atoms with Crippen molar-refractivity contribution in [3.05, 3.63) is 29.1 Å². The predicted molar refractivity (Wildman–Crippen MR) is 38.7 cm³/mol. The van der Waals surface area contributed by atoms with E-state index in [4.69, 9.17) is 0 Å². The Morgan fingerprint density at radius 2 is 1.75 bits per heavy atom. The average Bonchev–Trinajstić information content (AvgIpc) is 1.92. The summed E-state index contributed by atoms with van der Waals surface area (Å²) >= 11 is 0. The van der Waals surface area contributed by atoms with Crippen LogP contribution in [0.2, 0.25) is 0 Å². The van der Waals surface area contributed by atoms with E-state index in [1.807, 2.05) is 0 Å². The van der Waals surface area contributed by atoms with Crippen LogP contribution in [0.3, 0.4) is 0 Å². The van der Waals surface area contributed by atoms with E-state index in [1.165, 1.54) is 6.07 Å². The summed E-state index contributed by atoms with van der Waals surface area (Å²) < 4.78 is 36.1. The summed E-state index contributed by atoms with van der Waals surface area (Å²) in [5, 5.41) is 0. The first kappa shape index (κ1) is 9.03. The lowest BCUT2D eigenvalue weighted by atomic mass is 10.2. The largest absolute Gasteiger partial charge is 0.433 e. The quantitative estimate of drug-likeness (QED) is 0.590. The number of hydrogen-bond donors (Lipinski definition) is 0. The molecular weight excluding hydrogens is 167 g/mol. The molecule has 0 radical (unpaired) electrons. The van der Waals surface area contributed by atoms with Crippen LogP contribution in [-0.4, -0.2) is 4.98 Å². The third-order valence-corrected chi connectivity index (χ3v) is 1.64. The van der Waals surface area contributed by atoms with Gasteiger partial charge in [-0.2, -0.15) is 13.2 Å². The Bertz CT molecular complexity index is 291. The number of alkyl halides is 3. The molecule has 0 saturated carbocycles. The molecule has 0 unspecified atom stereocenters. The highest BCUT2D eigenvalue weighted by Gasteiger charge is 2.32. The second kappa shape index (κ2) is 2.77. The normalized spacial score (nSPS) is 11.8. The fourth-order valence-corrected chi connectivity index (χ4v) is 0.789. The summed E-state index contributed by atoms with van der Waals surface area (Å²) in [6.07, 6.45) is -4.33. The van der Waals surface area contributed by atoms with E-state index in [1.54, 1.807) is 13.8 Å². The van der Waals surface area contributed by atoms with Gasteiger partial charge >= 0.3 is 6.18 Å². The predicted octanol–water partition coefficient (Wildman–Crippen LogP) is 2.72. The molecule has 1 nitrogen and oxygen atoms in total. The van der Waals surface area contributed by atoms with E-state index < -0.39 is 11.9 Å². The van der Waals surface area contributed by atoms with Gasteiger partial charge in [0.1, 0.15) is 5.69 Å². The molecule has 66 valence electrons. The number of hydrogen-bond acceptors (Lipinski definition) is 1. The molecule has 1 heterocycles. The van der Waals surface area contributed by atoms with Gasteiger partial charge in [0.25, 0.3) is 0 Å². The molecule has 0 fully saturated rings. The first-order valence-electron chi connectivity index (χ1n) is 3.42. The first-order chi connectivity index (χ1) is 5.41. The fraction of sp³-hybridized carbons (Fsp3) is 0.375. The van der Waals surface area contributed by atoms with Crippen LogP contribution in [0.15, 0.2) is 12.1 Å². The molecule has 0 aliphatic rings. The van der Waals surface area contributed by atoms with Crippen molar-refractivity contribution in [1.82, 2.24) is 4.98 Å². The maximum atomic E-state index is 12.0. The second-order valence-corrected chi connectivity index (χ2v) is 2.60. The highest BCUT2D eigenvalue weighted by atomic mass is 19.4. The molecule has 0 aromatic carbocycles. The lowest BCUT2D eigenvalue weighted by Gasteiger charge is -2.06. The lowest BCUT2D eigenvalue weighted by Crippen LogP contribution is -2.08. The summed E-state index contributed by atoms with van der Waals surface area (Å²) in [7, 11) is 0. The number of nitrogens with zero attached hydrogens (tertiary/aromatic N) is 1. The van der Waals surface area contributed by atoms with Crippen molar-refractivity contribution in [3.63, 3.8) is 0 Å². The van der Waals surface area contributed by atoms with Crippen LogP contribution < -0.4 is 0 Å². The number of pyridine rings is 1. The van der Waals surface area contributed by atoms with E-state index in [0.29, 0.717) is 5.69 Å². The zero-order valence-electron chi connectivity index (χ0n) is 6.74. The van der Waals surface area contributed by atoms with Crippen molar-refractivity contribution in [1.29, 1.82) is 0 Å². The molecule has 0 spiro atoms. The highest BCUT2D eigenvalue weighted by molar-refractivity contribution is 5.21. The van der Waals surface area contributed by atoms with Crippen LogP contribution in [0.25, 0.3) is 0 Å². The van der Waals surface area contributed by atoms with Crippen molar-refractivity contribution in [2.75, 3.05) is 0 Å². The summed E-state index contributed by atoms with van der Waals surface area (Å²) in [5.74, 6) is 0. The van der Waals surface area contributed by atoms with E-state index in [2.05, 4.69) is 4.98 Å². The molecule has 0 atom stereocenters. The SMILES string of the molecule is Cc1ccc(C(F)(F)F)nc1C. The van der Waals surface area contributed by atoms with Crippen LogP contribution >= 0.6 is 0 Å². The Kier molecular flexibility index (Phi) is 2.08. The molecule has 1 aromatic rings. The van der Waals surface area contributed by atoms with Gasteiger partial charge in [-0.1, -0.05) is 6.07 Å². The lowest BCUT2D eigenvalue weighted by molar-refractivity contribution is -0.141. The van der Waals surface area contributed by atoms with E-state index in [-0.39, 0.29) is 0 Å². The minimum absolute atomic E-state index is 0.421. The van der Waals surface area contributed by atoms with Crippen molar-refractivity contribution in [2.45, 2.75) is 20.0 Å². The molecule has 0 aliphatic heterocycles. The van der Waals surface area contributed by atoms with Gasteiger partial charge in [-0.05, 0) is 25.5 Å². The summed E-state index contributed by atoms with van der Waals surface area (Å²) in [5.41, 5.74) is 0.360. The number of aryl methyl sites for hydroxylation is 2. The van der Waals surface area contributed by atoms with E-state index >= 15 is 0 Å². The molecule has 0 saturated heterocycles. The van der Waals surface area contributed by atoms with Crippen LogP contribution in [0.4, 0.5) is 13.2 Å². The van der Waals surface area contributed by atoms with Crippen LogP contribution in [0, 0.1) is 13.8 Å². The molecule has 1 rings (SSSR count). The Hall–Kier alpha value is -1.06. The Morgan fingerprint density at radius 1 is 1.17 bits per heavy atom. The van der Waals surface area contributed by atoms with Crippen molar-refractivity contribution >= 4 is 0 Å². The summed E-state index contributed by atoms with van der Waals surface area (Å²) in [4.78, 5) is 3.42. The van der Waals surface area contributed by atoms with Gasteiger partial charge in [0.15, 0.2) is 0 Å². The maximum Gasteiger partial charge on any atom is 0.433 e. The zero-order valence-corrected chi connectivity index (χ0v) is 6.74.